The fourth-order valence-corrected chi connectivity index (χ4v) is 2.48. The Labute approximate surface area is 149 Å². The molecule has 2 heterocycles. The van der Waals surface area contributed by atoms with Crippen molar-refractivity contribution >= 4 is 28.7 Å². The second-order valence-corrected chi connectivity index (χ2v) is 5.72. The van der Waals surface area contributed by atoms with Crippen LogP contribution in [0.2, 0.25) is 0 Å². The number of anilines is 1. The van der Waals surface area contributed by atoms with Gasteiger partial charge in [-0.05, 0) is 38.5 Å². The Kier molecular flexibility index (Phi) is 4.97. The van der Waals surface area contributed by atoms with Gasteiger partial charge in [0.05, 0.1) is 11.1 Å². The zero-order valence-electron chi connectivity index (χ0n) is 14.7. The van der Waals surface area contributed by atoms with Crippen molar-refractivity contribution in [1.82, 2.24) is 20.2 Å². The van der Waals surface area contributed by atoms with Gasteiger partial charge in [-0.15, -0.1) is 5.10 Å². The Bertz CT molecular complexity index is 946. The summed E-state index contributed by atoms with van der Waals surface area (Å²) in [5.41, 5.74) is 1.73. The van der Waals surface area contributed by atoms with E-state index in [1.165, 1.54) is 0 Å². The SMILES string of the molecule is CC[C@@H](OC(=O)c1ccc2c(c1)nnn2CC)C(=O)Nc1cc(C)on1. The maximum atomic E-state index is 12.4. The summed E-state index contributed by atoms with van der Waals surface area (Å²) in [4.78, 5) is 24.7. The maximum absolute atomic E-state index is 12.4. The summed E-state index contributed by atoms with van der Waals surface area (Å²) in [6.07, 6.45) is -0.621. The second-order valence-electron chi connectivity index (χ2n) is 5.72. The number of hydrogen-bond acceptors (Lipinski definition) is 7. The first-order valence-electron chi connectivity index (χ1n) is 8.30. The van der Waals surface area contributed by atoms with E-state index in [4.69, 9.17) is 9.26 Å². The van der Waals surface area contributed by atoms with Crippen LogP contribution in [0.3, 0.4) is 0 Å². The molecule has 0 saturated heterocycles. The number of nitrogens with one attached hydrogen (secondary N) is 1. The van der Waals surface area contributed by atoms with E-state index in [1.807, 2.05) is 6.92 Å². The first-order valence-corrected chi connectivity index (χ1v) is 8.30. The Morgan fingerprint density at radius 2 is 2.12 bits per heavy atom. The highest BCUT2D eigenvalue weighted by Crippen LogP contribution is 2.16. The molecule has 0 aliphatic heterocycles. The molecule has 9 heteroatoms. The van der Waals surface area contributed by atoms with Gasteiger partial charge in [0.15, 0.2) is 11.9 Å². The van der Waals surface area contributed by atoms with E-state index < -0.39 is 18.0 Å². The summed E-state index contributed by atoms with van der Waals surface area (Å²) in [6, 6.07) is 6.57. The average molecular weight is 357 g/mol. The molecular formula is C17H19N5O4. The Hall–Kier alpha value is -3.23. The first-order chi connectivity index (χ1) is 12.5. The first kappa shape index (κ1) is 17.6. The van der Waals surface area contributed by atoms with Crippen LogP contribution in [0.15, 0.2) is 28.8 Å². The van der Waals surface area contributed by atoms with Crippen LogP contribution >= 0.6 is 0 Å². The minimum Gasteiger partial charge on any atom is -0.449 e. The molecule has 1 atom stereocenters. The molecule has 0 saturated carbocycles. The van der Waals surface area contributed by atoms with Crippen molar-refractivity contribution in [1.29, 1.82) is 0 Å². The number of amides is 1. The molecule has 3 rings (SSSR count). The van der Waals surface area contributed by atoms with Gasteiger partial charge in [0, 0.05) is 12.6 Å². The summed E-state index contributed by atoms with van der Waals surface area (Å²) in [6.45, 7) is 6.10. The third-order valence-electron chi connectivity index (χ3n) is 3.84. The molecule has 2 aromatic heterocycles. The lowest BCUT2D eigenvalue weighted by Crippen LogP contribution is -2.32. The van der Waals surface area contributed by atoms with Crippen LogP contribution in [0.1, 0.15) is 36.4 Å². The van der Waals surface area contributed by atoms with E-state index in [0.29, 0.717) is 29.8 Å². The van der Waals surface area contributed by atoms with E-state index in [1.54, 1.807) is 42.8 Å². The fourth-order valence-electron chi connectivity index (χ4n) is 2.48. The second kappa shape index (κ2) is 7.34. The molecule has 26 heavy (non-hydrogen) atoms. The lowest BCUT2D eigenvalue weighted by atomic mass is 10.2. The van der Waals surface area contributed by atoms with Crippen LogP contribution in [0, 0.1) is 6.92 Å². The molecule has 9 nitrogen and oxygen atoms in total. The average Bonchev–Trinajstić information content (AvgIpc) is 3.24. The molecule has 0 aliphatic rings. The minimum atomic E-state index is -0.943. The predicted octanol–water partition coefficient (Wildman–Crippen LogP) is 2.32. The third-order valence-corrected chi connectivity index (χ3v) is 3.84. The van der Waals surface area contributed by atoms with Gasteiger partial charge in [-0.3, -0.25) is 4.79 Å². The van der Waals surface area contributed by atoms with Crippen molar-refractivity contribution in [3.8, 4) is 0 Å². The van der Waals surface area contributed by atoms with Gasteiger partial charge in [0.1, 0.15) is 11.3 Å². The highest BCUT2D eigenvalue weighted by molar-refractivity contribution is 5.98. The number of esters is 1. The van der Waals surface area contributed by atoms with Gasteiger partial charge in [-0.25, -0.2) is 9.48 Å². The largest absolute Gasteiger partial charge is 0.449 e. The summed E-state index contributed by atoms with van der Waals surface area (Å²) in [7, 11) is 0. The quantitative estimate of drug-likeness (QED) is 0.674. The zero-order chi connectivity index (χ0) is 18.7. The third kappa shape index (κ3) is 3.56. The molecule has 0 radical (unpaired) electrons. The molecule has 0 spiro atoms. The predicted molar refractivity (Wildman–Crippen MR) is 92.6 cm³/mol. The van der Waals surface area contributed by atoms with Gasteiger partial charge in [-0.1, -0.05) is 17.3 Å². The van der Waals surface area contributed by atoms with Gasteiger partial charge >= 0.3 is 5.97 Å². The minimum absolute atomic E-state index is 0.277. The van der Waals surface area contributed by atoms with Crippen LogP contribution in [0.25, 0.3) is 11.0 Å². The van der Waals surface area contributed by atoms with Crippen LogP contribution in [-0.2, 0) is 16.1 Å². The number of carbonyl (C=O) groups excluding carboxylic acids is 2. The number of benzene rings is 1. The fraction of sp³-hybridized carbons (Fsp3) is 0.353. The molecule has 1 N–H and O–H groups in total. The van der Waals surface area contributed by atoms with Crippen LogP contribution in [-0.4, -0.2) is 38.1 Å². The molecule has 0 unspecified atom stereocenters. The molecule has 3 aromatic rings. The van der Waals surface area contributed by atoms with Gasteiger partial charge in [-0.2, -0.15) is 0 Å². The van der Waals surface area contributed by atoms with E-state index in [0.717, 1.165) is 5.52 Å². The summed E-state index contributed by atoms with van der Waals surface area (Å²) in [5, 5.41) is 14.3. The highest BCUT2D eigenvalue weighted by Gasteiger charge is 2.23. The normalized spacial score (nSPS) is 12.1. The number of nitrogens with zero attached hydrogens (tertiary/aromatic N) is 4. The van der Waals surface area contributed by atoms with Gasteiger partial charge in [0.2, 0.25) is 0 Å². The summed E-state index contributed by atoms with van der Waals surface area (Å²) >= 11 is 0. The monoisotopic (exact) mass is 357 g/mol. The van der Waals surface area contributed by atoms with Gasteiger partial charge < -0.3 is 14.6 Å². The van der Waals surface area contributed by atoms with Crippen LogP contribution in [0.4, 0.5) is 5.82 Å². The van der Waals surface area contributed by atoms with Crippen molar-refractivity contribution in [2.75, 3.05) is 5.32 Å². The van der Waals surface area contributed by atoms with E-state index >= 15 is 0 Å². The van der Waals surface area contributed by atoms with Crippen molar-refractivity contribution in [3.05, 3.63) is 35.6 Å². The van der Waals surface area contributed by atoms with E-state index in [9.17, 15) is 9.59 Å². The molecular weight excluding hydrogens is 338 g/mol. The smallest absolute Gasteiger partial charge is 0.338 e. The Balaban J connectivity index is 1.71. The topological polar surface area (TPSA) is 112 Å². The molecule has 0 aliphatic carbocycles. The number of carbonyl (C=O) groups is 2. The molecule has 1 amide bonds. The maximum Gasteiger partial charge on any atom is 0.338 e. The number of rotatable bonds is 6. The van der Waals surface area contributed by atoms with Crippen molar-refractivity contribution < 1.29 is 18.8 Å². The zero-order valence-corrected chi connectivity index (χ0v) is 14.7. The molecule has 0 fully saturated rings. The number of aryl methyl sites for hydroxylation is 2. The standard InChI is InChI=1S/C17H19N5O4/c1-4-14(16(23)18-15-8-10(3)26-20-15)25-17(24)11-6-7-13-12(9-11)19-21-22(13)5-2/h6-9,14H,4-5H2,1-3H3,(H,18,20,23)/t14-/m1/s1. The lowest BCUT2D eigenvalue weighted by Gasteiger charge is -2.15. The summed E-state index contributed by atoms with van der Waals surface area (Å²) in [5.74, 6) is -0.221. The van der Waals surface area contributed by atoms with E-state index in [-0.39, 0.29) is 5.82 Å². The van der Waals surface area contributed by atoms with Crippen LogP contribution < -0.4 is 5.32 Å². The van der Waals surface area contributed by atoms with E-state index in [2.05, 4.69) is 20.8 Å². The van der Waals surface area contributed by atoms with Gasteiger partial charge in [0.25, 0.3) is 5.91 Å². The van der Waals surface area contributed by atoms with Crippen molar-refractivity contribution in [3.63, 3.8) is 0 Å². The number of hydrogen-bond donors (Lipinski definition) is 1. The summed E-state index contributed by atoms with van der Waals surface area (Å²) < 4.78 is 12.0. The lowest BCUT2D eigenvalue weighted by molar-refractivity contribution is -0.124. The highest BCUT2D eigenvalue weighted by atomic mass is 16.5. The van der Waals surface area contributed by atoms with Crippen molar-refractivity contribution in [2.45, 2.75) is 39.8 Å². The number of fused-ring (bicyclic) bond motifs is 1. The Morgan fingerprint density at radius 3 is 2.77 bits per heavy atom. The number of aromatic nitrogens is 4. The molecule has 1 aromatic carbocycles. The Morgan fingerprint density at radius 1 is 1.31 bits per heavy atom. The number of ether oxygens (including phenoxy) is 1. The van der Waals surface area contributed by atoms with Crippen LogP contribution in [0.5, 0.6) is 0 Å². The molecule has 136 valence electrons. The van der Waals surface area contributed by atoms with Crippen molar-refractivity contribution in [2.24, 2.45) is 0 Å². The molecule has 0 bridgehead atoms.